The minimum Gasteiger partial charge on any atom is -0.480 e. The van der Waals surface area contributed by atoms with Gasteiger partial charge < -0.3 is 53.4 Å². The van der Waals surface area contributed by atoms with Crippen molar-refractivity contribution < 1.29 is 48.3 Å². The molecule has 61 heavy (non-hydrogen) atoms. The van der Waals surface area contributed by atoms with Crippen molar-refractivity contribution in [1.82, 2.24) is 42.5 Å². The molecule has 9 atom stereocenters. The predicted molar refractivity (Wildman–Crippen MR) is 245 cm³/mol. The second-order valence-electron chi connectivity index (χ2n) is 14.9. The lowest BCUT2D eigenvalue weighted by Crippen LogP contribution is -2.59. The van der Waals surface area contributed by atoms with Gasteiger partial charge in [0.25, 0.3) is 0 Å². The third-order valence-electron chi connectivity index (χ3n) is 9.03. The third-order valence-corrected chi connectivity index (χ3v) is 11.6. The van der Waals surface area contributed by atoms with Crippen molar-refractivity contribution >= 4 is 100 Å². The molecule has 0 aromatic rings. The lowest BCUT2D eigenvalue weighted by atomic mass is 10.0. The molecule has 0 spiro atoms. The first kappa shape index (κ1) is 57.6. The molecule has 350 valence electrons. The minimum atomic E-state index is -1.24. The van der Waals surface area contributed by atoms with Crippen LogP contribution in [0.5, 0.6) is 0 Å². The molecular weight excluding hydrogens is 871 g/mol. The summed E-state index contributed by atoms with van der Waals surface area (Å²) in [6.45, 7) is 9.23. The van der Waals surface area contributed by atoms with Gasteiger partial charge >= 0.3 is 5.97 Å². The van der Waals surface area contributed by atoms with Gasteiger partial charge in [0.2, 0.25) is 47.3 Å². The molecule has 0 aliphatic carbocycles. The summed E-state index contributed by atoms with van der Waals surface area (Å²) in [5, 5.41) is 29.9. The Bertz CT molecular complexity index is 1460. The van der Waals surface area contributed by atoms with Gasteiger partial charge in [0.05, 0.1) is 6.04 Å². The maximum atomic E-state index is 13.6. The molecule has 0 aromatic heterocycles. The maximum absolute atomic E-state index is 13.6. The smallest absolute Gasteiger partial charge is 0.325 e. The van der Waals surface area contributed by atoms with Crippen LogP contribution in [0.2, 0.25) is 0 Å². The van der Waals surface area contributed by atoms with E-state index in [1.807, 2.05) is 38.9 Å². The van der Waals surface area contributed by atoms with Crippen molar-refractivity contribution in [3.8, 4) is 0 Å². The van der Waals surface area contributed by atoms with E-state index in [1.54, 1.807) is 0 Å². The second kappa shape index (κ2) is 31.4. The molecule has 0 aliphatic rings. The molecule has 0 radical (unpaired) electrons. The molecule has 0 fully saturated rings. The molecule has 0 heterocycles. The molecule has 8 amide bonds. The number of carbonyl (C=O) groups is 9. The number of carboxylic acid groups (broad SMARTS) is 1. The first-order valence-corrected chi connectivity index (χ1v) is 25.6. The number of rotatable bonds is 31. The van der Waals surface area contributed by atoms with Crippen molar-refractivity contribution in [3.05, 3.63) is 0 Å². The standard InChI is InChI=1S/C38H69N9O10S4/c1-20(2)19-29(37(55)46-27(13-17-60-9)35(53)43-24(6)38(56)57)47-32(50)22(4)40-30(48)21(3)42-34(52)26(12-16-59-8)45-36(54)28(14-18-61-10)44-31(49)23(5)41-33(51)25(39)11-15-58-7/h20-29H,11-19,39H2,1-10H3,(H,40,48)(H,41,51)(H,42,52)(H,43,53)(H,44,49)(H,45,54)(H,46,55)(H,47,50)(H,56,57)/t21-,22-,23-,24-,25-,26-,27-,28-,29-/m0/s1. The summed E-state index contributed by atoms with van der Waals surface area (Å²) in [4.78, 5) is 117. The van der Waals surface area contributed by atoms with Crippen LogP contribution in [0.1, 0.15) is 73.6 Å². The van der Waals surface area contributed by atoms with Crippen LogP contribution in [0, 0.1) is 5.92 Å². The fourth-order valence-electron chi connectivity index (χ4n) is 5.28. The van der Waals surface area contributed by atoms with Gasteiger partial charge in [0.15, 0.2) is 0 Å². The molecule has 11 N–H and O–H groups in total. The number of carboxylic acids is 1. The Morgan fingerprint density at radius 2 is 0.689 bits per heavy atom. The van der Waals surface area contributed by atoms with Crippen molar-refractivity contribution in [2.45, 2.75) is 128 Å². The highest BCUT2D eigenvalue weighted by molar-refractivity contribution is 7.99. The SMILES string of the molecule is CSCC[C@H](NC(=O)[C@H](C)NC(=O)[C@@H](N)CCSC)C(=O)N[C@@H](CCSC)C(=O)N[C@@H](C)C(=O)N[C@@H](C)C(=O)N[C@@H](CC(C)C)C(=O)N[C@@H](CCSC)C(=O)N[C@@H](C)C(=O)O. The first-order valence-electron chi connectivity index (χ1n) is 20.0. The van der Waals surface area contributed by atoms with Crippen molar-refractivity contribution in [3.63, 3.8) is 0 Å². The van der Waals surface area contributed by atoms with Gasteiger partial charge in [-0.25, -0.2) is 0 Å². The summed E-state index contributed by atoms with van der Waals surface area (Å²) in [6, 6.07) is -9.65. The summed E-state index contributed by atoms with van der Waals surface area (Å²) in [7, 11) is 0. The van der Waals surface area contributed by atoms with Crippen LogP contribution in [-0.2, 0) is 43.2 Å². The number of hydrogen-bond acceptors (Lipinski definition) is 14. The van der Waals surface area contributed by atoms with Crippen molar-refractivity contribution in [1.29, 1.82) is 0 Å². The molecule has 19 nitrogen and oxygen atoms in total. The fourth-order valence-corrected chi connectivity index (χ4v) is 7.18. The Morgan fingerprint density at radius 1 is 0.410 bits per heavy atom. The van der Waals surface area contributed by atoms with E-state index < -0.39 is 108 Å². The van der Waals surface area contributed by atoms with Crippen LogP contribution < -0.4 is 48.3 Å². The highest BCUT2D eigenvalue weighted by Crippen LogP contribution is 2.10. The van der Waals surface area contributed by atoms with Gasteiger partial charge in [-0.05, 0) is 114 Å². The molecule has 0 bridgehead atoms. The van der Waals surface area contributed by atoms with Crippen LogP contribution in [0.4, 0.5) is 0 Å². The normalized spacial score (nSPS) is 15.5. The van der Waals surface area contributed by atoms with E-state index in [4.69, 9.17) is 5.73 Å². The number of nitrogens with one attached hydrogen (secondary N) is 8. The third kappa shape index (κ3) is 23.6. The highest BCUT2D eigenvalue weighted by Gasteiger charge is 2.32. The van der Waals surface area contributed by atoms with Gasteiger partial charge in [-0.3, -0.25) is 43.2 Å². The quantitative estimate of drug-likeness (QED) is 0.0416. The van der Waals surface area contributed by atoms with E-state index in [-0.39, 0.29) is 31.6 Å². The number of aliphatic carboxylic acids is 1. The number of thioether (sulfide) groups is 4. The summed E-state index contributed by atoms with van der Waals surface area (Å²) in [5.74, 6) is -4.41. The Morgan fingerprint density at radius 3 is 1.07 bits per heavy atom. The number of nitrogens with two attached hydrogens (primary N) is 1. The molecule has 0 unspecified atom stereocenters. The molecule has 0 saturated carbocycles. The monoisotopic (exact) mass is 939 g/mol. The largest absolute Gasteiger partial charge is 0.480 e. The predicted octanol–water partition coefficient (Wildman–Crippen LogP) is -0.585. The summed E-state index contributed by atoms with van der Waals surface area (Å²) >= 11 is 5.85. The topological polar surface area (TPSA) is 296 Å². The van der Waals surface area contributed by atoms with Crippen molar-refractivity contribution in [2.75, 3.05) is 48.0 Å². The molecule has 0 aromatic carbocycles. The van der Waals surface area contributed by atoms with E-state index in [0.29, 0.717) is 29.4 Å². The average Bonchev–Trinajstić information content (AvgIpc) is 3.20. The van der Waals surface area contributed by atoms with E-state index >= 15 is 0 Å². The van der Waals surface area contributed by atoms with E-state index in [9.17, 15) is 48.3 Å². The zero-order valence-electron chi connectivity index (χ0n) is 37.0. The number of carbonyl (C=O) groups excluding carboxylic acids is 8. The Kier molecular flexibility index (Phi) is 29.7. The van der Waals surface area contributed by atoms with Crippen LogP contribution in [0.15, 0.2) is 0 Å². The average molecular weight is 940 g/mol. The van der Waals surface area contributed by atoms with Crippen LogP contribution >= 0.6 is 47.0 Å². The lowest BCUT2D eigenvalue weighted by Gasteiger charge is -2.27. The molecule has 0 saturated heterocycles. The summed E-state index contributed by atoms with van der Waals surface area (Å²) in [6.07, 6.45) is 8.58. The second-order valence-corrected chi connectivity index (χ2v) is 18.8. The van der Waals surface area contributed by atoms with Crippen LogP contribution in [0.25, 0.3) is 0 Å². The van der Waals surface area contributed by atoms with Crippen LogP contribution in [-0.4, -0.2) is 161 Å². The Hall–Kier alpha value is -3.41. The van der Waals surface area contributed by atoms with Gasteiger partial charge in [0, 0.05) is 0 Å². The molecular formula is C38H69N9O10S4. The first-order chi connectivity index (χ1) is 28.6. The van der Waals surface area contributed by atoms with Gasteiger partial charge in [-0.2, -0.15) is 47.0 Å². The van der Waals surface area contributed by atoms with E-state index in [1.165, 1.54) is 74.7 Å². The molecule has 0 aliphatic heterocycles. The zero-order valence-corrected chi connectivity index (χ0v) is 40.2. The Labute approximate surface area is 377 Å². The maximum Gasteiger partial charge on any atom is 0.325 e. The van der Waals surface area contributed by atoms with Crippen LogP contribution in [0.3, 0.4) is 0 Å². The molecule has 0 rings (SSSR count). The van der Waals surface area contributed by atoms with E-state index in [0.717, 1.165) is 0 Å². The summed E-state index contributed by atoms with van der Waals surface area (Å²) < 4.78 is 0. The minimum absolute atomic E-state index is 0.0755. The highest BCUT2D eigenvalue weighted by atomic mass is 32.2. The van der Waals surface area contributed by atoms with Gasteiger partial charge in [-0.15, -0.1) is 0 Å². The van der Waals surface area contributed by atoms with Gasteiger partial charge in [-0.1, -0.05) is 13.8 Å². The fraction of sp³-hybridized carbons (Fsp3) is 0.763. The Balaban J connectivity index is 5.75. The van der Waals surface area contributed by atoms with Gasteiger partial charge in [0.1, 0.15) is 48.3 Å². The molecule has 23 heteroatoms. The number of amides is 8. The summed E-state index contributed by atoms with van der Waals surface area (Å²) in [5.41, 5.74) is 5.93. The van der Waals surface area contributed by atoms with Crippen molar-refractivity contribution in [2.24, 2.45) is 11.7 Å². The van der Waals surface area contributed by atoms with E-state index in [2.05, 4.69) is 42.5 Å². The lowest BCUT2D eigenvalue weighted by molar-refractivity contribution is -0.141. The number of hydrogen-bond donors (Lipinski definition) is 10. The zero-order chi connectivity index (χ0) is 46.8.